The van der Waals surface area contributed by atoms with Crippen molar-refractivity contribution in [3.8, 4) is 0 Å². The van der Waals surface area contributed by atoms with E-state index in [9.17, 15) is 35.9 Å². The molecule has 1 atom stereocenters. The van der Waals surface area contributed by atoms with Crippen LogP contribution in [0.15, 0.2) is 42.5 Å². The minimum Gasteiger partial charge on any atom is -0.346 e. The van der Waals surface area contributed by atoms with Gasteiger partial charge in [0.15, 0.2) is 0 Å². The molecule has 0 bridgehead atoms. The number of carbonyl (C=O) groups excluding carboxylic acids is 2. The van der Waals surface area contributed by atoms with Crippen molar-refractivity contribution in [2.75, 3.05) is 18.0 Å². The lowest BCUT2D eigenvalue weighted by Gasteiger charge is -2.40. The first kappa shape index (κ1) is 29.9. The molecule has 1 saturated heterocycles. The van der Waals surface area contributed by atoms with Crippen molar-refractivity contribution in [2.45, 2.75) is 82.2 Å². The molecule has 1 unspecified atom stereocenters. The van der Waals surface area contributed by atoms with Gasteiger partial charge in [-0.1, -0.05) is 31.4 Å². The molecule has 11 heteroatoms. The van der Waals surface area contributed by atoms with Crippen LogP contribution in [0.4, 0.5) is 32.0 Å². The summed E-state index contributed by atoms with van der Waals surface area (Å²) in [6.45, 7) is 6.06. The predicted molar refractivity (Wildman–Crippen MR) is 139 cm³/mol. The molecular weight excluding hydrogens is 536 g/mol. The smallest absolute Gasteiger partial charge is 0.346 e. The molecule has 2 amide bonds. The number of nitrogens with zero attached hydrogens (tertiary/aromatic N) is 1. The zero-order chi connectivity index (χ0) is 29.5. The van der Waals surface area contributed by atoms with Gasteiger partial charge in [-0.05, 0) is 75.1 Å². The van der Waals surface area contributed by atoms with Gasteiger partial charge < -0.3 is 15.5 Å². The van der Waals surface area contributed by atoms with Crippen molar-refractivity contribution in [1.82, 2.24) is 10.6 Å². The van der Waals surface area contributed by atoms with E-state index in [2.05, 4.69) is 10.6 Å². The Bertz CT molecular complexity index is 1220. The van der Waals surface area contributed by atoms with Crippen LogP contribution in [0.1, 0.15) is 81.0 Å². The average Bonchev–Trinajstić information content (AvgIpc) is 2.89. The summed E-state index contributed by atoms with van der Waals surface area (Å²) in [5.41, 5.74) is -3.32. The van der Waals surface area contributed by atoms with E-state index < -0.39 is 46.4 Å². The Morgan fingerprint density at radius 2 is 1.48 bits per heavy atom. The van der Waals surface area contributed by atoms with Crippen LogP contribution in [-0.2, 0) is 27.5 Å². The minimum atomic E-state index is -5.00. The van der Waals surface area contributed by atoms with Crippen LogP contribution in [0.3, 0.4) is 0 Å². The number of alkyl halides is 6. The Morgan fingerprint density at radius 1 is 0.925 bits per heavy atom. The molecule has 0 aromatic heterocycles. The SMILES string of the molecule is CC(C(=O)NC1(c2ccc(N3CCNC(C)(C)C3=O)cc2)CCCCC1)c1cc(C(F)(F)F)cc(C(F)(F)F)c1. The van der Waals surface area contributed by atoms with Gasteiger partial charge in [-0.2, -0.15) is 26.3 Å². The first-order chi connectivity index (χ1) is 18.5. The summed E-state index contributed by atoms with van der Waals surface area (Å²) in [5.74, 6) is -1.99. The largest absolute Gasteiger partial charge is 0.416 e. The maximum atomic E-state index is 13.4. The third-order valence-electron chi connectivity index (χ3n) is 7.99. The second kappa shape index (κ2) is 10.7. The number of nitrogens with one attached hydrogen (secondary N) is 2. The van der Waals surface area contributed by atoms with Gasteiger partial charge in [-0.3, -0.25) is 9.59 Å². The highest BCUT2D eigenvalue weighted by atomic mass is 19.4. The number of anilines is 1. The van der Waals surface area contributed by atoms with Gasteiger partial charge in [0.2, 0.25) is 11.8 Å². The number of piperazine rings is 1. The highest BCUT2D eigenvalue weighted by molar-refractivity contribution is 6.00. The number of rotatable bonds is 5. The lowest BCUT2D eigenvalue weighted by molar-refractivity contribution is -0.143. The maximum Gasteiger partial charge on any atom is 0.416 e. The zero-order valence-corrected chi connectivity index (χ0v) is 22.6. The molecule has 1 heterocycles. The van der Waals surface area contributed by atoms with Crippen LogP contribution in [0.5, 0.6) is 0 Å². The Labute approximate surface area is 229 Å². The van der Waals surface area contributed by atoms with Crippen LogP contribution in [0, 0.1) is 0 Å². The maximum absolute atomic E-state index is 13.4. The van der Waals surface area contributed by atoms with E-state index >= 15 is 0 Å². The predicted octanol–water partition coefficient (Wildman–Crippen LogP) is 6.52. The first-order valence-electron chi connectivity index (χ1n) is 13.3. The monoisotopic (exact) mass is 569 g/mol. The van der Waals surface area contributed by atoms with Gasteiger partial charge in [0, 0.05) is 18.8 Å². The number of halogens is 6. The standard InChI is InChI=1S/C29H33F6N3O2/c1-18(19-15-21(28(30,31)32)17-22(16-19)29(33,34)35)24(39)37-27(11-5-4-6-12-27)20-7-9-23(10-8-20)38-14-13-36-26(2,3)25(38)40/h7-10,15-18,36H,4-6,11-14H2,1-3H3,(H,37,39). The van der Waals surface area contributed by atoms with Crippen LogP contribution in [0.2, 0.25) is 0 Å². The fraction of sp³-hybridized carbons (Fsp3) is 0.517. The average molecular weight is 570 g/mol. The van der Waals surface area contributed by atoms with E-state index in [-0.39, 0.29) is 17.5 Å². The highest BCUT2D eigenvalue weighted by Gasteiger charge is 2.40. The van der Waals surface area contributed by atoms with Gasteiger partial charge in [0.25, 0.3) is 0 Å². The first-order valence-corrected chi connectivity index (χ1v) is 13.3. The quantitative estimate of drug-likeness (QED) is 0.403. The van der Waals surface area contributed by atoms with E-state index in [0.717, 1.165) is 24.8 Å². The molecule has 1 saturated carbocycles. The van der Waals surface area contributed by atoms with Gasteiger partial charge in [-0.25, -0.2) is 0 Å². The van der Waals surface area contributed by atoms with Gasteiger partial charge >= 0.3 is 12.4 Å². The van der Waals surface area contributed by atoms with Crippen molar-refractivity contribution in [3.63, 3.8) is 0 Å². The fourth-order valence-corrected chi connectivity index (χ4v) is 5.57. The Hall–Kier alpha value is -3.08. The molecule has 218 valence electrons. The summed E-state index contributed by atoms with van der Waals surface area (Å²) in [6, 6.07) is 8.55. The summed E-state index contributed by atoms with van der Waals surface area (Å²) in [6.07, 6.45) is -6.33. The molecule has 0 radical (unpaired) electrons. The fourth-order valence-electron chi connectivity index (χ4n) is 5.57. The van der Waals surface area contributed by atoms with Crippen molar-refractivity contribution in [1.29, 1.82) is 0 Å². The molecule has 2 aromatic rings. The summed E-state index contributed by atoms with van der Waals surface area (Å²) >= 11 is 0. The van der Waals surface area contributed by atoms with Crippen molar-refractivity contribution < 1.29 is 35.9 Å². The lowest BCUT2D eigenvalue weighted by atomic mass is 9.76. The van der Waals surface area contributed by atoms with Crippen molar-refractivity contribution in [3.05, 3.63) is 64.7 Å². The minimum absolute atomic E-state index is 0.0581. The second-order valence-electron chi connectivity index (χ2n) is 11.2. The summed E-state index contributed by atoms with van der Waals surface area (Å²) in [5, 5.41) is 6.17. The molecule has 4 rings (SSSR count). The van der Waals surface area contributed by atoms with E-state index in [1.54, 1.807) is 4.90 Å². The lowest BCUT2D eigenvalue weighted by Crippen LogP contribution is -2.61. The van der Waals surface area contributed by atoms with E-state index in [1.807, 2.05) is 38.1 Å². The Kier molecular flexibility index (Phi) is 8.01. The van der Waals surface area contributed by atoms with E-state index in [1.165, 1.54) is 6.92 Å². The number of hydrogen-bond acceptors (Lipinski definition) is 3. The normalized spacial score (nSPS) is 20.2. The molecule has 1 aliphatic carbocycles. The molecule has 2 aromatic carbocycles. The zero-order valence-electron chi connectivity index (χ0n) is 22.6. The molecule has 2 aliphatic rings. The van der Waals surface area contributed by atoms with E-state index in [4.69, 9.17) is 0 Å². The Morgan fingerprint density at radius 3 is 2.00 bits per heavy atom. The van der Waals surface area contributed by atoms with Crippen molar-refractivity contribution >= 4 is 17.5 Å². The van der Waals surface area contributed by atoms with Gasteiger partial charge in [0.1, 0.15) is 0 Å². The number of hydrogen-bond donors (Lipinski definition) is 2. The van der Waals surface area contributed by atoms with Crippen molar-refractivity contribution in [2.24, 2.45) is 0 Å². The Balaban J connectivity index is 1.62. The highest BCUT2D eigenvalue weighted by Crippen LogP contribution is 2.40. The third-order valence-corrected chi connectivity index (χ3v) is 7.99. The summed E-state index contributed by atoms with van der Waals surface area (Å²) in [4.78, 5) is 28.0. The molecule has 0 spiro atoms. The topological polar surface area (TPSA) is 61.4 Å². The number of amides is 2. The summed E-state index contributed by atoms with van der Waals surface area (Å²) < 4.78 is 80.4. The number of carbonyl (C=O) groups is 2. The molecule has 1 aliphatic heterocycles. The van der Waals surface area contributed by atoms with Gasteiger partial charge in [-0.15, -0.1) is 0 Å². The molecule has 2 N–H and O–H groups in total. The summed E-state index contributed by atoms with van der Waals surface area (Å²) in [7, 11) is 0. The molecular formula is C29H33F6N3O2. The third kappa shape index (κ3) is 6.14. The number of benzene rings is 2. The second-order valence-corrected chi connectivity index (χ2v) is 11.2. The van der Waals surface area contributed by atoms with Crippen LogP contribution in [0.25, 0.3) is 0 Å². The van der Waals surface area contributed by atoms with E-state index in [0.29, 0.717) is 43.8 Å². The van der Waals surface area contributed by atoms with Crippen LogP contribution >= 0.6 is 0 Å². The molecule has 2 fully saturated rings. The van der Waals surface area contributed by atoms with Gasteiger partial charge in [0.05, 0.1) is 28.1 Å². The molecule has 40 heavy (non-hydrogen) atoms. The van der Waals surface area contributed by atoms with Crippen LogP contribution < -0.4 is 15.5 Å². The van der Waals surface area contributed by atoms with Crippen LogP contribution in [-0.4, -0.2) is 30.4 Å². The molecule has 5 nitrogen and oxygen atoms in total.